The Morgan fingerprint density at radius 1 is 1.36 bits per heavy atom. The van der Waals surface area contributed by atoms with Crippen LogP contribution >= 0.6 is 0 Å². The van der Waals surface area contributed by atoms with Crippen LogP contribution in [0.3, 0.4) is 0 Å². The summed E-state index contributed by atoms with van der Waals surface area (Å²) in [7, 11) is 1.59. The van der Waals surface area contributed by atoms with Crippen LogP contribution in [-0.2, 0) is 20.9 Å². The highest BCUT2D eigenvalue weighted by Crippen LogP contribution is 2.52. The van der Waals surface area contributed by atoms with Gasteiger partial charge in [0.15, 0.2) is 0 Å². The number of nitrogens with one attached hydrogen (secondary N) is 1. The Labute approximate surface area is 161 Å². The van der Waals surface area contributed by atoms with E-state index in [-0.39, 0.29) is 24.5 Å². The van der Waals surface area contributed by atoms with Crippen LogP contribution in [-0.4, -0.2) is 37.2 Å². The number of carbonyl (C=O) groups is 2. The van der Waals surface area contributed by atoms with Gasteiger partial charge >= 0.3 is 0 Å². The van der Waals surface area contributed by atoms with Gasteiger partial charge in [0, 0.05) is 11.8 Å². The van der Waals surface area contributed by atoms with E-state index in [1.165, 1.54) is 0 Å². The number of hydrogen-bond acceptors (Lipinski definition) is 5. The van der Waals surface area contributed by atoms with Gasteiger partial charge in [-0.1, -0.05) is 18.2 Å². The second-order valence-electron chi connectivity index (χ2n) is 7.32. The molecule has 2 amide bonds. The van der Waals surface area contributed by atoms with Crippen molar-refractivity contribution in [3.8, 4) is 5.75 Å². The van der Waals surface area contributed by atoms with Gasteiger partial charge in [-0.3, -0.25) is 9.59 Å². The van der Waals surface area contributed by atoms with Crippen molar-refractivity contribution in [2.45, 2.75) is 18.2 Å². The molecule has 7 nitrogen and oxygen atoms in total. The van der Waals surface area contributed by atoms with Crippen molar-refractivity contribution in [3.63, 3.8) is 0 Å². The van der Waals surface area contributed by atoms with Gasteiger partial charge in [0.2, 0.25) is 11.8 Å². The maximum absolute atomic E-state index is 13.3. The standard InChI is InChI=1S/C21H20N2O5/c1-26-14-5-2-4-13(10-14)23-12-21-8-7-16(28-21)17(18(21)20(23)25)19(24)22-11-15-6-3-9-27-15/h2-10,16-18H,11-12H2,1H3,(H,22,24)/t16-,17+,18+,21-/m1/s1. The number of methoxy groups -OCH3 is 1. The summed E-state index contributed by atoms with van der Waals surface area (Å²) in [5.41, 5.74) is -0.0133. The smallest absolute Gasteiger partial charge is 0.234 e. The molecule has 4 atom stereocenters. The summed E-state index contributed by atoms with van der Waals surface area (Å²) in [6.07, 6.45) is 5.03. The summed E-state index contributed by atoms with van der Waals surface area (Å²) < 4.78 is 16.7. The van der Waals surface area contributed by atoms with Crippen molar-refractivity contribution in [1.82, 2.24) is 5.32 Å². The Hall–Kier alpha value is -3.06. The number of benzene rings is 1. The van der Waals surface area contributed by atoms with E-state index < -0.39 is 17.4 Å². The third-order valence-electron chi connectivity index (χ3n) is 5.79. The van der Waals surface area contributed by atoms with Crippen molar-refractivity contribution in [2.24, 2.45) is 11.8 Å². The fourth-order valence-electron chi connectivity index (χ4n) is 4.50. The minimum absolute atomic E-state index is 0.0988. The number of carbonyl (C=O) groups excluding carboxylic acids is 2. The van der Waals surface area contributed by atoms with Gasteiger partial charge in [-0.2, -0.15) is 0 Å². The van der Waals surface area contributed by atoms with E-state index in [0.29, 0.717) is 18.1 Å². The summed E-state index contributed by atoms with van der Waals surface area (Å²) in [5, 5.41) is 2.88. The summed E-state index contributed by atoms with van der Waals surface area (Å²) in [6.45, 7) is 0.672. The molecule has 3 aliphatic rings. The van der Waals surface area contributed by atoms with Crippen LogP contribution in [0.1, 0.15) is 5.76 Å². The van der Waals surface area contributed by atoms with Gasteiger partial charge in [0.25, 0.3) is 0 Å². The number of ether oxygens (including phenoxy) is 2. The van der Waals surface area contributed by atoms with Crippen LogP contribution < -0.4 is 15.0 Å². The van der Waals surface area contributed by atoms with Crippen LogP contribution in [0.5, 0.6) is 5.75 Å². The molecule has 144 valence electrons. The zero-order valence-electron chi connectivity index (χ0n) is 15.3. The molecule has 4 heterocycles. The maximum Gasteiger partial charge on any atom is 0.234 e. The molecule has 0 radical (unpaired) electrons. The number of anilines is 1. The lowest BCUT2D eigenvalue weighted by atomic mass is 9.77. The predicted octanol–water partition coefficient (Wildman–Crippen LogP) is 1.89. The molecule has 2 aromatic rings. The zero-order chi connectivity index (χ0) is 19.3. The van der Waals surface area contributed by atoms with Gasteiger partial charge in [-0.25, -0.2) is 0 Å². The quantitative estimate of drug-likeness (QED) is 0.802. The Morgan fingerprint density at radius 2 is 2.25 bits per heavy atom. The molecule has 1 spiro atoms. The van der Waals surface area contributed by atoms with E-state index in [1.807, 2.05) is 36.4 Å². The van der Waals surface area contributed by atoms with Crippen molar-refractivity contribution in [2.75, 3.05) is 18.6 Å². The van der Waals surface area contributed by atoms with Gasteiger partial charge in [-0.05, 0) is 24.3 Å². The highest BCUT2D eigenvalue weighted by Gasteiger charge is 2.67. The molecule has 0 aliphatic carbocycles. The summed E-state index contributed by atoms with van der Waals surface area (Å²) in [6, 6.07) is 10.9. The van der Waals surface area contributed by atoms with E-state index in [1.54, 1.807) is 30.4 Å². The lowest BCUT2D eigenvalue weighted by Crippen LogP contribution is -2.43. The Bertz CT molecular complexity index is 953. The SMILES string of the molecule is COc1cccc(N2C[C@@]34C=C[C@@H](O3)[C@H](C(=O)NCc3ccco3)[C@H]4C2=O)c1. The molecule has 7 heteroatoms. The molecule has 1 aromatic heterocycles. The molecule has 1 aromatic carbocycles. The molecule has 5 rings (SSSR count). The lowest BCUT2D eigenvalue weighted by Gasteiger charge is -2.23. The zero-order valence-corrected chi connectivity index (χ0v) is 15.3. The Kier molecular flexibility index (Phi) is 3.80. The molecule has 2 fully saturated rings. The Balaban J connectivity index is 1.40. The number of amides is 2. The van der Waals surface area contributed by atoms with Gasteiger partial charge in [0.1, 0.15) is 17.1 Å². The summed E-state index contributed by atoms with van der Waals surface area (Å²) >= 11 is 0. The van der Waals surface area contributed by atoms with Crippen LogP contribution in [0, 0.1) is 11.8 Å². The predicted molar refractivity (Wildman–Crippen MR) is 99.6 cm³/mol. The lowest BCUT2D eigenvalue weighted by molar-refractivity contribution is -0.132. The third kappa shape index (κ3) is 2.46. The van der Waals surface area contributed by atoms with Gasteiger partial charge in [0.05, 0.1) is 44.4 Å². The second-order valence-corrected chi connectivity index (χ2v) is 7.32. The van der Waals surface area contributed by atoms with Gasteiger partial charge in [-0.15, -0.1) is 0 Å². The highest BCUT2D eigenvalue weighted by atomic mass is 16.5. The average Bonchev–Trinajstić information content (AvgIpc) is 3.48. The van der Waals surface area contributed by atoms with E-state index in [2.05, 4.69) is 5.32 Å². The fourth-order valence-corrected chi connectivity index (χ4v) is 4.50. The van der Waals surface area contributed by atoms with Crippen LogP contribution in [0.2, 0.25) is 0 Å². The molecule has 3 aliphatic heterocycles. The van der Waals surface area contributed by atoms with Crippen molar-refractivity contribution >= 4 is 17.5 Å². The summed E-state index contributed by atoms with van der Waals surface area (Å²) in [4.78, 5) is 27.9. The molecule has 1 N–H and O–H groups in total. The van der Waals surface area contributed by atoms with E-state index in [4.69, 9.17) is 13.9 Å². The number of furan rings is 1. The first kappa shape index (κ1) is 17.1. The van der Waals surface area contributed by atoms with E-state index >= 15 is 0 Å². The maximum atomic E-state index is 13.3. The number of hydrogen-bond donors (Lipinski definition) is 1. The Morgan fingerprint density at radius 3 is 3.04 bits per heavy atom. The van der Waals surface area contributed by atoms with Crippen molar-refractivity contribution in [3.05, 3.63) is 60.6 Å². The minimum atomic E-state index is -0.752. The molecule has 0 unspecified atom stereocenters. The van der Waals surface area contributed by atoms with Gasteiger partial charge < -0.3 is 24.1 Å². The number of fused-ring (bicyclic) bond motifs is 1. The monoisotopic (exact) mass is 380 g/mol. The topological polar surface area (TPSA) is 81.0 Å². The number of nitrogens with zero attached hydrogens (tertiary/aromatic N) is 1. The average molecular weight is 380 g/mol. The summed E-state index contributed by atoms with van der Waals surface area (Å²) in [5.74, 6) is -0.0446. The minimum Gasteiger partial charge on any atom is -0.497 e. The molecule has 2 saturated heterocycles. The molecule has 0 saturated carbocycles. The second kappa shape index (κ2) is 6.24. The van der Waals surface area contributed by atoms with Crippen LogP contribution in [0.4, 0.5) is 5.69 Å². The van der Waals surface area contributed by atoms with E-state index in [0.717, 1.165) is 5.69 Å². The molecule has 2 bridgehead atoms. The highest BCUT2D eigenvalue weighted by molar-refractivity contribution is 6.03. The largest absolute Gasteiger partial charge is 0.497 e. The molecular weight excluding hydrogens is 360 g/mol. The van der Waals surface area contributed by atoms with Crippen LogP contribution in [0.25, 0.3) is 0 Å². The first-order chi connectivity index (χ1) is 13.6. The first-order valence-corrected chi connectivity index (χ1v) is 9.24. The normalized spacial score (nSPS) is 30.0. The first-order valence-electron chi connectivity index (χ1n) is 9.24. The molecule has 28 heavy (non-hydrogen) atoms. The van der Waals surface area contributed by atoms with Crippen molar-refractivity contribution < 1.29 is 23.5 Å². The van der Waals surface area contributed by atoms with E-state index in [9.17, 15) is 9.59 Å². The molecular formula is C21H20N2O5. The fraction of sp³-hybridized carbons (Fsp3) is 0.333. The third-order valence-corrected chi connectivity index (χ3v) is 5.79. The number of rotatable bonds is 5. The van der Waals surface area contributed by atoms with Crippen LogP contribution in [0.15, 0.2) is 59.2 Å². The van der Waals surface area contributed by atoms with Crippen molar-refractivity contribution in [1.29, 1.82) is 0 Å².